The zero-order valence-corrected chi connectivity index (χ0v) is 8.64. The van der Waals surface area contributed by atoms with Crippen LogP contribution in [0.4, 0.5) is 0 Å². The molecule has 0 amide bonds. The molecule has 3 N–H and O–H groups in total. The van der Waals surface area contributed by atoms with Crippen molar-refractivity contribution in [1.82, 2.24) is 5.32 Å². The number of nitrogens with zero attached hydrogens (tertiary/aromatic N) is 1. The molecule has 4 nitrogen and oxygen atoms in total. The summed E-state index contributed by atoms with van der Waals surface area (Å²) in [6, 6.07) is 0.0751. The predicted molar refractivity (Wildman–Crippen MR) is 54.2 cm³/mol. The molecule has 80 valence electrons. The lowest BCUT2D eigenvalue weighted by Gasteiger charge is -2.38. The summed E-state index contributed by atoms with van der Waals surface area (Å²) in [6.45, 7) is 3.95. The van der Waals surface area contributed by atoms with E-state index in [0.29, 0.717) is 0 Å². The molecule has 1 saturated carbocycles. The Labute approximate surface area is 84.0 Å². The molecule has 0 radical (unpaired) electrons. The molecule has 0 aromatic heterocycles. The van der Waals surface area contributed by atoms with Crippen LogP contribution in [-0.4, -0.2) is 40.3 Å². The molecule has 14 heavy (non-hydrogen) atoms. The molecule has 5 atom stereocenters. The van der Waals surface area contributed by atoms with E-state index >= 15 is 0 Å². The first-order valence-electron chi connectivity index (χ1n) is 5.30. The standard InChI is InChI=1S/C10H18N2O2/c1-3-6-4-7-8(10(14)9(6)13)12-5(2)11-7/h6-10,13-14H,3-4H2,1-2H3,(H,11,12)/t6?,7-,8?,9?,10+/m0/s1. The van der Waals surface area contributed by atoms with Gasteiger partial charge in [0.2, 0.25) is 0 Å². The van der Waals surface area contributed by atoms with Gasteiger partial charge in [-0.3, -0.25) is 4.99 Å². The molecule has 0 aromatic rings. The van der Waals surface area contributed by atoms with Crippen molar-refractivity contribution >= 4 is 5.84 Å². The first kappa shape index (κ1) is 9.93. The molecule has 2 rings (SSSR count). The third-order valence-electron chi connectivity index (χ3n) is 3.41. The number of hydrogen-bond acceptors (Lipinski definition) is 4. The van der Waals surface area contributed by atoms with E-state index in [-0.39, 0.29) is 18.0 Å². The number of rotatable bonds is 1. The van der Waals surface area contributed by atoms with Crippen LogP contribution < -0.4 is 5.32 Å². The fourth-order valence-corrected chi connectivity index (χ4v) is 2.57. The quantitative estimate of drug-likeness (QED) is 0.551. The minimum absolute atomic E-state index is 0.146. The van der Waals surface area contributed by atoms with E-state index in [0.717, 1.165) is 18.7 Å². The van der Waals surface area contributed by atoms with Crippen molar-refractivity contribution in [2.75, 3.05) is 0 Å². The van der Waals surface area contributed by atoms with Gasteiger partial charge in [-0.1, -0.05) is 13.3 Å². The first-order chi connectivity index (χ1) is 6.63. The highest BCUT2D eigenvalue weighted by Gasteiger charge is 2.44. The number of aliphatic hydroxyl groups excluding tert-OH is 2. The van der Waals surface area contributed by atoms with E-state index in [1.807, 2.05) is 13.8 Å². The fourth-order valence-electron chi connectivity index (χ4n) is 2.57. The fraction of sp³-hybridized carbons (Fsp3) is 0.900. The second kappa shape index (κ2) is 3.51. The highest BCUT2D eigenvalue weighted by Crippen LogP contribution is 2.31. The molecule has 1 aliphatic heterocycles. The number of nitrogens with one attached hydrogen (secondary N) is 1. The van der Waals surface area contributed by atoms with Crippen LogP contribution in [0.15, 0.2) is 4.99 Å². The second-order valence-corrected chi connectivity index (χ2v) is 4.34. The van der Waals surface area contributed by atoms with Gasteiger partial charge in [0.15, 0.2) is 0 Å². The van der Waals surface area contributed by atoms with E-state index in [4.69, 9.17) is 0 Å². The van der Waals surface area contributed by atoms with E-state index in [2.05, 4.69) is 10.3 Å². The van der Waals surface area contributed by atoms with E-state index < -0.39 is 12.2 Å². The van der Waals surface area contributed by atoms with Gasteiger partial charge in [0.05, 0.1) is 18.0 Å². The van der Waals surface area contributed by atoms with Gasteiger partial charge in [0.1, 0.15) is 12.1 Å². The molecule has 4 heteroatoms. The second-order valence-electron chi connectivity index (χ2n) is 4.34. The van der Waals surface area contributed by atoms with Crippen LogP contribution in [0, 0.1) is 5.92 Å². The van der Waals surface area contributed by atoms with Crippen molar-refractivity contribution < 1.29 is 10.2 Å². The molecule has 1 heterocycles. The van der Waals surface area contributed by atoms with Crippen molar-refractivity contribution in [3.8, 4) is 0 Å². The SMILES string of the molecule is CCC1C[C@@H]2NC(C)=NC2[C@@H](O)C1O. The zero-order chi connectivity index (χ0) is 10.3. The molecule has 0 spiro atoms. The Morgan fingerprint density at radius 3 is 2.79 bits per heavy atom. The normalized spacial score (nSPS) is 46.9. The van der Waals surface area contributed by atoms with Crippen molar-refractivity contribution in [3.63, 3.8) is 0 Å². The first-order valence-corrected chi connectivity index (χ1v) is 5.30. The summed E-state index contributed by atoms with van der Waals surface area (Å²) >= 11 is 0. The maximum atomic E-state index is 9.87. The minimum atomic E-state index is -0.705. The molecule has 2 aliphatic rings. The van der Waals surface area contributed by atoms with Crippen LogP contribution in [-0.2, 0) is 0 Å². The largest absolute Gasteiger partial charge is 0.390 e. The third kappa shape index (κ3) is 1.42. The number of amidine groups is 1. The van der Waals surface area contributed by atoms with Crippen molar-refractivity contribution in [1.29, 1.82) is 0 Å². The maximum Gasteiger partial charge on any atom is 0.104 e. The van der Waals surface area contributed by atoms with Gasteiger partial charge in [-0.2, -0.15) is 0 Å². The summed E-state index contributed by atoms with van der Waals surface area (Å²) < 4.78 is 0. The molecule has 0 saturated heterocycles. The highest BCUT2D eigenvalue weighted by molar-refractivity contribution is 5.82. The van der Waals surface area contributed by atoms with Gasteiger partial charge in [-0.05, 0) is 19.3 Å². The lowest BCUT2D eigenvalue weighted by molar-refractivity contribution is -0.0607. The van der Waals surface area contributed by atoms with E-state index in [1.165, 1.54) is 0 Å². The predicted octanol–water partition coefficient (Wildman–Crippen LogP) is -0.103. The highest BCUT2D eigenvalue weighted by atomic mass is 16.3. The molecule has 1 aliphatic carbocycles. The lowest BCUT2D eigenvalue weighted by atomic mass is 9.77. The Morgan fingerprint density at radius 2 is 2.14 bits per heavy atom. The number of aliphatic imine (C=N–C) groups is 1. The van der Waals surface area contributed by atoms with E-state index in [9.17, 15) is 10.2 Å². The van der Waals surface area contributed by atoms with Crippen LogP contribution in [0.25, 0.3) is 0 Å². The maximum absolute atomic E-state index is 9.87. The molecular formula is C10H18N2O2. The van der Waals surface area contributed by atoms with Crippen LogP contribution in [0.2, 0.25) is 0 Å². The van der Waals surface area contributed by atoms with Crippen LogP contribution in [0.5, 0.6) is 0 Å². The minimum Gasteiger partial charge on any atom is -0.390 e. The number of aliphatic hydroxyl groups is 2. The lowest BCUT2D eigenvalue weighted by Crippen LogP contribution is -2.54. The molecular weight excluding hydrogens is 180 g/mol. The molecule has 0 bridgehead atoms. The molecule has 0 aromatic carbocycles. The Kier molecular flexibility index (Phi) is 2.49. The molecule has 1 fully saturated rings. The molecule has 3 unspecified atom stereocenters. The van der Waals surface area contributed by atoms with Crippen molar-refractivity contribution in [3.05, 3.63) is 0 Å². The number of hydrogen-bond donors (Lipinski definition) is 3. The average molecular weight is 198 g/mol. The van der Waals surface area contributed by atoms with Gasteiger partial charge in [-0.15, -0.1) is 0 Å². The van der Waals surface area contributed by atoms with Crippen LogP contribution in [0.3, 0.4) is 0 Å². The van der Waals surface area contributed by atoms with Crippen molar-refractivity contribution in [2.24, 2.45) is 10.9 Å². The Bertz CT molecular complexity index is 255. The summed E-state index contributed by atoms with van der Waals surface area (Å²) in [7, 11) is 0. The summed E-state index contributed by atoms with van der Waals surface area (Å²) in [6.07, 6.45) is 0.490. The zero-order valence-electron chi connectivity index (χ0n) is 8.64. The monoisotopic (exact) mass is 198 g/mol. The third-order valence-corrected chi connectivity index (χ3v) is 3.41. The summed E-state index contributed by atoms with van der Waals surface area (Å²) in [5.41, 5.74) is 0. The van der Waals surface area contributed by atoms with Gasteiger partial charge in [-0.25, -0.2) is 0 Å². The van der Waals surface area contributed by atoms with Gasteiger partial charge < -0.3 is 15.5 Å². The Hall–Kier alpha value is -0.610. The number of fused-ring (bicyclic) bond motifs is 1. The Morgan fingerprint density at radius 1 is 1.43 bits per heavy atom. The summed E-state index contributed by atoms with van der Waals surface area (Å²) in [5, 5.41) is 22.9. The summed E-state index contributed by atoms with van der Waals surface area (Å²) in [4.78, 5) is 4.31. The van der Waals surface area contributed by atoms with Crippen molar-refractivity contribution in [2.45, 2.75) is 51.0 Å². The Balaban J connectivity index is 2.14. The smallest absolute Gasteiger partial charge is 0.104 e. The average Bonchev–Trinajstić information content (AvgIpc) is 2.52. The van der Waals surface area contributed by atoms with Gasteiger partial charge in [0, 0.05) is 0 Å². The van der Waals surface area contributed by atoms with Crippen LogP contribution in [0.1, 0.15) is 26.7 Å². The summed E-state index contributed by atoms with van der Waals surface area (Å²) in [5.74, 6) is 1.07. The van der Waals surface area contributed by atoms with Gasteiger partial charge in [0.25, 0.3) is 0 Å². The van der Waals surface area contributed by atoms with Crippen LogP contribution >= 0.6 is 0 Å². The van der Waals surface area contributed by atoms with E-state index in [1.54, 1.807) is 0 Å². The van der Waals surface area contributed by atoms with Gasteiger partial charge >= 0.3 is 0 Å². The topological polar surface area (TPSA) is 64.9 Å².